The molecule has 0 spiro atoms. The molecule has 6 heteroatoms. The Balaban J connectivity index is 1.26. The Hall–Kier alpha value is -3.67. The topological polar surface area (TPSA) is 67.2 Å². The number of piperidine rings is 1. The summed E-state index contributed by atoms with van der Waals surface area (Å²) in [5.74, 6) is -0.00741. The van der Waals surface area contributed by atoms with E-state index in [1.807, 2.05) is 83.3 Å². The Bertz CT molecular complexity index is 1050. The second kappa shape index (κ2) is 10.1. The number of likely N-dealkylation sites (tertiary alicyclic amines) is 1. The van der Waals surface area contributed by atoms with Gasteiger partial charge >= 0.3 is 0 Å². The molecule has 1 aliphatic heterocycles. The standard InChI is InChI=1S/C26H28N4O2/c1-20(22-8-10-24(11-9-22)30-18-15-27-19-30)28-26(32)23-13-16-29(17-14-23)25(31)12-7-21-5-3-2-4-6-21/h2-12,15,18-20,23H,13-14,16-17H2,1H3,(H,28,32)/b12-7+. The van der Waals surface area contributed by atoms with Crippen LogP contribution in [-0.2, 0) is 9.59 Å². The lowest BCUT2D eigenvalue weighted by Gasteiger charge is -2.31. The summed E-state index contributed by atoms with van der Waals surface area (Å²) in [5, 5.41) is 3.14. The van der Waals surface area contributed by atoms with Crippen molar-refractivity contribution in [3.8, 4) is 5.69 Å². The Morgan fingerprint density at radius 1 is 1.06 bits per heavy atom. The number of nitrogens with zero attached hydrogens (tertiary/aromatic N) is 3. The van der Waals surface area contributed by atoms with Crippen LogP contribution in [0.2, 0.25) is 0 Å². The van der Waals surface area contributed by atoms with Crippen molar-refractivity contribution < 1.29 is 9.59 Å². The van der Waals surface area contributed by atoms with Crippen molar-refractivity contribution >= 4 is 17.9 Å². The Labute approximate surface area is 188 Å². The number of rotatable bonds is 6. The van der Waals surface area contributed by atoms with Crippen LogP contribution in [0.4, 0.5) is 0 Å². The summed E-state index contributed by atoms with van der Waals surface area (Å²) >= 11 is 0. The lowest BCUT2D eigenvalue weighted by molar-refractivity contribution is -0.132. The van der Waals surface area contributed by atoms with E-state index in [-0.39, 0.29) is 23.8 Å². The largest absolute Gasteiger partial charge is 0.349 e. The summed E-state index contributed by atoms with van der Waals surface area (Å²) < 4.78 is 1.94. The third-order valence-electron chi connectivity index (χ3n) is 5.95. The lowest BCUT2D eigenvalue weighted by atomic mass is 9.95. The lowest BCUT2D eigenvalue weighted by Crippen LogP contribution is -2.43. The summed E-state index contributed by atoms with van der Waals surface area (Å²) in [6.07, 6.45) is 10.2. The molecule has 2 amide bonds. The molecule has 1 unspecified atom stereocenters. The number of carbonyl (C=O) groups excluding carboxylic acids is 2. The molecule has 1 atom stereocenters. The maximum Gasteiger partial charge on any atom is 0.246 e. The molecule has 3 aromatic rings. The highest BCUT2D eigenvalue weighted by Gasteiger charge is 2.27. The van der Waals surface area contributed by atoms with E-state index >= 15 is 0 Å². The first-order valence-corrected chi connectivity index (χ1v) is 11.0. The number of nitrogens with one attached hydrogen (secondary N) is 1. The maximum atomic E-state index is 12.8. The quantitative estimate of drug-likeness (QED) is 0.604. The van der Waals surface area contributed by atoms with E-state index < -0.39 is 0 Å². The van der Waals surface area contributed by atoms with Crippen LogP contribution in [0.15, 0.2) is 79.4 Å². The minimum Gasteiger partial charge on any atom is -0.349 e. The first-order chi connectivity index (χ1) is 15.6. The monoisotopic (exact) mass is 428 g/mol. The molecule has 1 aromatic heterocycles. The summed E-state index contributed by atoms with van der Waals surface area (Å²) in [5.41, 5.74) is 3.09. The number of benzene rings is 2. The van der Waals surface area contributed by atoms with Gasteiger partial charge in [0, 0.05) is 43.2 Å². The van der Waals surface area contributed by atoms with Gasteiger partial charge in [-0.25, -0.2) is 4.98 Å². The van der Waals surface area contributed by atoms with Crippen molar-refractivity contribution in [3.05, 3.63) is 90.5 Å². The third-order valence-corrected chi connectivity index (χ3v) is 5.95. The van der Waals surface area contributed by atoms with E-state index in [0.29, 0.717) is 25.9 Å². The van der Waals surface area contributed by atoms with Crippen LogP contribution in [0.5, 0.6) is 0 Å². The van der Waals surface area contributed by atoms with Gasteiger partial charge in [0.2, 0.25) is 11.8 Å². The predicted octanol–water partition coefficient (Wildman–Crippen LogP) is 4.00. The molecule has 32 heavy (non-hydrogen) atoms. The van der Waals surface area contributed by atoms with Gasteiger partial charge < -0.3 is 14.8 Å². The second-order valence-corrected chi connectivity index (χ2v) is 8.14. The summed E-state index contributed by atoms with van der Waals surface area (Å²) in [7, 11) is 0. The Kier molecular flexibility index (Phi) is 6.80. The first kappa shape index (κ1) is 21.6. The number of hydrogen-bond donors (Lipinski definition) is 1. The van der Waals surface area contributed by atoms with E-state index in [1.165, 1.54) is 0 Å². The normalized spacial score (nSPS) is 15.6. The molecule has 2 aromatic carbocycles. The maximum absolute atomic E-state index is 12.8. The number of carbonyl (C=O) groups is 2. The summed E-state index contributed by atoms with van der Waals surface area (Å²) in [4.78, 5) is 31.1. The van der Waals surface area contributed by atoms with Gasteiger partial charge in [0.05, 0.1) is 12.4 Å². The van der Waals surface area contributed by atoms with E-state index in [2.05, 4.69) is 10.3 Å². The Morgan fingerprint density at radius 3 is 2.44 bits per heavy atom. The van der Waals surface area contributed by atoms with Crippen LogP contribution in [0, 0.1) is 5.92 Å². The van der Waals surface area contributed by atoms with Gasteiger partial charge in [-0.3, -0.25) is 9.59 Å². The molecular weight excluding hydrogens is 400 g/mol. The minimum absolute atomic E-state index is 0.000869. The van der Waals surface area contributed by atoms with Gasteiger partial charge in [0.25, 0.3) is 0 Å². The number of imidazole rings is 1. The van der Waals surface area contributed by atoms with E-state index in [1.54, 1.807) is 18.6 Å². The average molecular weight is 429 g/mol. The van der Waals surface area contributed by atoms with Crippen molar-refractivity contribution in [1.29, 1.82) is 0 Å². The average Bonchev–Trinajstić information content (AvgIpc) is 3.38. The van der Waals surface area contributed by atoms with Crippen LogP contribution >= 0.6 is 0 Å². The molecule has 2 heterocycles. The zero-order valence-electron chi connectivity index (χ0n) is 18.2. The van der Waals surface area contributed by atoms with E-state index in [4.69, 9.17) is 0 Å². The highest BCUT2D eigenvalue weighted by molar-refractivity contribution is 5.92. The second-order valence-electron chi connectivity index (χ2n) is 8.14. The molecular formula is C26H28N4O2. The molecule has 164 valence electrons. The van der Waals surface area contributed by atoms with Crippen molar-refractivity contribution in [1.82, 2.24) is 19.8 Å². The molecule has 6 nitrogen and oxygen atoms in total. The number of aromatic nitrogens is 2. The summed E-state index contributed by atoms with van der Waals surface area (Å²) in [6, 6.07) is 17.8. The fraction of sp³-hybridized carbons (Fsp3) is 0.269. The third kappa shape index (κ3) is 5.32. The van der Waals surface area contributed by atoms with Crippen molar-refractivity contribution in [2.75, 3.05) is 13.1 Å². The van der Waals surface area contributed by atoms with Crippen LogP contribution in [0.25, 0.3) is 11.8 Å². The van der Waals surface area contributed by atoms with E-state index in [9.17, 15) is 9.59 Å². The van der Waals surface area contributed by atoms with Crippen LogP contribution in [0.3, 0.4) is 0 Å². The van der Waals surface area contributed by atoms with Gasteiger partial charge in [-0.05, 0) is 49.1 Å². The van der Waals surface area contributed by atoms with Crippen LogP contribution in [-0.4, -0.2) is 39.4 Å². The minimum atomic E-state index is -0.0761. The van der Waals surface area contributed by atoms with Gasteiger partial charge in [-0.1, -0.05) is 42.5 Å². The molecule has 0 saturated carbocycles. The van der Waals surface area contributed by atoms with Crippen molar-refractivity contribution in [3.63, 3.8) is 0 Å². The van der Waals surface area contributed by atoms with Gasteiger partial charge in [-0.2, -0.15) is 0 Å². The molecule has 1 aliphatic rings. The number of hydrogen-bond acceptors (Lipinski definition) is 3. The zero-order chi connectivity index (χ0) is 22.3. The highest BCUT2D eigenvalue weighted by atomic mass is 16.2. The fourth-order valence-electron chi connectivity index (χ4n) is 3.96. The molecule has 1 saturated heterocycles. The predicted molar refractivity (Wildman–Crippen MR) is 125 cm³/mol. The van der Waals surface area contributed by atoms with Crippen LogP contribution < -0.4 is 5.32 Å². The van der Waals surface area contributed by atoms with Crippen LogP contribution in [0.1, 0.15) is 36.9 Å². The Morgan fingerprint density at radius 2 is 1.78 bits per heavy atom. The van der Waals surface area contributed by atoms with Crippen molar-refractivity contribution in [2.24, 2.45) is 5.92 Å². The number of amides is 2. The molecule has 0 radical (unpaired) electrons. The molecule has 0 bridgehead atoms. The highest BCUT2D eigenvalue weighted by Crippen LogP contribution is 2.21. The molecule has 4 rings (SSSR count). The summed E-state index contributed by atoms with van der Waals surface area (Å²) in [6.45, 7) is 3.20. The first-order valence-electron chi connectivity index (χ1n) is 11.0. The molecule has 1 N–H and O–H groups in total. The molecule has 0 aliphatic carbocycles. The SMILES string of the molecule is CC(NC(=O)C1CCN(C(=O)/C=C/c2ccccc2)CC1)c1ccc(-n2ccnc2)cc1. The van der Waals surface area contributed by atoms with E-state index in [0.717, 1.165) is 16.8 Å². The van der Waals surface area contributed by atoms with Crippen molar-refractivity contribution in [2.45, 2.75) is 25.8 Å². The molecule has 1 fully saturated rings. The zero-order valence-corrected chi connectivity index (χ0v) is 18.2. The fourth-order valence-corrected chi connectivity index (χ4v) is 3.96. The smallest absolute Gasteiger partial charge is 0.246 e. The van der Waals surface area contributed by atoms with Gasteiger partial charge in [0.1, 0.15) is 0 Å². The van der Waals surface area contributed by atoms with Gasteiger partial charge in [-0.15, -0.1) is 0 Å². The van der Waals surface area contributed by atoms with Gasteiger partial charge in [0.15, 0.2) is 0 Å².